The van der Waals surface area contributed by atoms with Crippen LogP contribution in [0, 0.1) is 11.8 Å². The van der Waals surface area contributed by atoms with Crippen LogP contribution in [-0.4, -0.2) is 53.0 Å². The smallest absolute Gasteiger partial charge is 0.246 e. The molecule has 5 rings (SSSR count). The molecule has 1 spiro atoms. The molecule has 7 nitrogen and oxygen atoms in total. The zero-order valence-corrected chi connectivity index (χ0v) is 21.3. The molecule has 0 radical (unpaired) electrons. The molecule has 2 N–H and O–H groups in total. The second-order valence-corrected chi connectivity index (χ2v) is 11.0. The van der Waals surface area contributed by atoms with Crippen LogP contribution >= 0.6 is 23.2 Å². The largest absolute Gasteiger partial charge is 0.359 e. The Labute approximate surface area is 215 Å². The maximum absolute atomic E-state index is 13.8. The summed E-state index contributed by atoms with van der Waals surface area (Å²) >= 11 is 12.2. The van der Waals surface area contributed by atoms with Gasteiger partial charge in [0.05, 0.1) is 17.9 Å². The first-order chi connectivity index (χ1) is 16.8. The number of unbranched alkanes of at least 4 members (excludes halogenated alkanes) is 1. The molecule has 1 aliphatic carbocycles. The summed E-state index contributed by atoms with van der Waals surface area (Å²) in [6.45, 7) is 2.50. The van der Waals surface area contributed by atoms with Crippen LogP contribution in [0.2, 0.25) is 10.0 Å². The van der Waals surface area contributed by atoms with Crippen LogP contribution in [0.1, 0.15) is 51.9 Å². The highest BCUT2D eigenvalue weighted by Gasteiger charge is 2.72. The predicted molar refractivity (Wildman–Crippen MR) is 134 cm³/mol. The number of amides is 3. The zero-order valence-electron chi connectivity index (χ0n) is 19.8. The number of hydrogen-bond donors (Lipinski definition) is 2. The van der Waals surface area contributed by atoms with Crippen molar-refractivity contribution in [1.82, 2.24) is 10.2 Å². The minimum atomic E-state index is -1.14. The van der Waals surface area contributed by atoms with Gasteiger partial charge in [0.25, 0.3) is 0 Å². The Morgan fingerprint density at radius 3 is 2.51 bits per heavy atom. The van der Waals surface area contributed by atoms with Gasteiger partial charge >= 0.3 is 0 Å². The van der Waals surface area contributed by atoms with Crippen molar-refractivity contribution >= 4 is 46.6 Å². The highest BCUT2D eigenvalue weighted by atomic mass is 35.5. The summed E-state index contributed by atoms with van der Waals surface area (Å²) < 4.78 is 6.36. The Hall–Kier alpha value is -2.09. The van der Waals surface area contributed by atoms with Crippen LogP contribution in [0.15, 0.2) is 30.4 Å². The third-order valence-electron chi connectivity index (χ3n) is 7.76. The van der Waals surface area contributed by atoms with Crippen molar-refractivity contribution < 1.29 is 19.1 Å². The fourth-order valence-electron chi connectivity index (χ4n) is 6.21. The van der Waals surface area contributed by atoms with Gasteiger partial charge in [-0.05, 0) is 37.5 Å². The van der Waals surface area contributed by atoms with E-state index >= 15 is 0 Å². The molecule has 35 heavy (non-hydrogen) atoms. The third kappa shape index (κ3) is 4.36. The molecule has 3 fully saturated rings. The summed E-state index contributed by atoms with van der Waals surface area (Å²) in [5.41, 5.74) is -0.685. The number of carbonyl (C=O) groups excluding carboxylic acids is 3. The quantitative estimate of drug-likeness (QED) is 0.524. The highest BCUT2D eigenvalue weighted by Crippen LogP contribution is 2.55. The maximum atomic E-state index is 13.8. The van der Waals surface area contributed by atoms with E-state index in [1.54, 1.807) is 23.1 Å². The number of nitrogens with one attached hydrogen (secondary N) is 2. The summed E-state index contributed by atoms with van der Waals surface area (Å²) in [4.78, 5) is 42.5. The van der Waals surface area contributed by atoms with Crippen molar-refractivity contribution in [2.24, 2.45) is 11.8 Å². The average Bonchev–Trinajstić information content (AvgIpc) is 3.45. The van der Waals surface area contributed by atoms with Crippen LogP contribution in [0.5, 0.6) is 0 Å². The molecular weight excluding hydrogens is 489 g/mol. The van der Waals surface area contributed by atoms with Gasteiger partial charge in [0.1, 0.15) is 11.6 Å². The normalized spacial score (nSPS) is 31.6. The van der Waals surface area contributed by atoms with Crippen LogP contribution in [0.25, 0.3) is 0 Å². The average molecular weight is 520 g/mol. The molecule has 1 saturated carbocycles. The van der Waals surface area contributed by atoms with Gasteiger partial charge in [0.15, 0.2) is 0 Å². The molecule has 9 heteroatoms. The first-order valence-electron chi connectivity index (χ1n) is 12.6. The van der Waals surface area contributed by atoms with Gasteiger partial charge in [-0.1, -0.05) is 68.0 Å². The lowest BCUT2D eigenvalue weighted by Crippen LogP contribution is -2.56. The van der Waals surface area contributed by atoms with E-state index in [2.05, 4.69) is 10.6 Å². The molecule has 1 aromatic carbocycles. The Balaban J connectivity index is 1.43. The number of rotatable bonds is 7. The predicted octanol–water partition coefficient (Wildman–Crippen LogP) is 4.33. The molecule has 5 atom stereocenters. The Bertz CT molecular complexity index is 1040. The van der Waals surface area contributed by atoms with Crippen molar-refractivity contribution in [2.45, 2.75) is 75.7 Å². The number of benzene rings is 1. The van der Waals surface area contributed by atoms with Crippen LogP contribution in [-0.2, 0) is 19.1 Å². The fourth-order valence-corrected chi connectivity index (χ4v) is 6.74. The van der Waals surface area contributed by atoms with Crippen LogP contribution < -0.4 is 10.6 Å². The molecule has 3 amide bonds. The van der Waals surface area contributed by atoms with Crippen LogP contribution in [0.4, 0.5) is 5.69 Å². The number of likely N-dealkylation sites (tertiary alicyclic amines) is 1. The first-order valence-corrected chi connectivity index (χ1v) is 13.3. The number of nitrogens with zero attached hydrogens (tertiary/aromatic N) is 1. The van der Waals surface area contributed by atoms with E-state index in [0.29, 0.717) is 22.3 Å². The van der Waals surface area contributed by atoms with Gasteiger partial charge < -0.3 is 20.3 Å². The monoisotopic (exact) mass is 519 g/mol. The summed E-state index contributed by atoms with van der Waals surface area (Å²) in [5, 5.41) is 6.85. The second-order valence-electron chi connectivity index (χ2n) is 10.1. The Morgan fingerprint density at radius 2 is 1.83 bits per heavy atom. The molecule has 188 valence electrons. The number of anilines is 1. The lowest BCUT2D eigenvalue weighted by Gasteiger charge is -2.34. The number of ether oxygens (including phenoxy) is 1. The van der Waals surface area contributed by atoms with Crippen molar-refractivity contribution in [3.05, 3.63) is 40.4 Å². The van der Waals surface area contributed by atoms with E-state index in [-0.39, 0.29) is 23.8 Å². The SMILES string of the molecule is CCCCN1C(=O)[C@@H]2[C@H](C(=O)Nc3cc(Cl)cc(Cl)c3)[C@@H]3C=C[C@@]2(O3)[C@H]1C(=O)NC1CCCCC1. The van der Waals surface area contributed by atoms with Gasteiger partial charge in [0, 0.05) is 28.3 Å². The standard InChI is InChI=1S/C26H31Cl2N3O4/c1-2-3-11-31-22(24(33)29-17-7-5-4-6-8-17)26-10-9-19(35-26)20(21(26)25(31)34)23(32)30-18-13-15(27)12-16(28)14-18/h9-10,12-14,17,19-22H,2-8,11H2,1H3,(H,29,33)(H,30,32)/t19-,20+,21-,22+,26-/m0/s1. The number of fused-ring (bicyclic) bond motifs is 1. The van der Waals surface area contributed by atoms with Gasteiger partial charge in [0.2, 0.25) is 17.7 Å². The molecule has 4 aliphatic rings. The summed E-state index contributed by atoms with van der Waals surface area (Å²) in [7, 11) is 0. The lowest BCUT2D eigenvalue weighted by molar-refractivity contribution is -0.141. The molecule has 3 heterocycles. The third-order valence-corrected chi connectivity index (χ3v) is 8.20. The lowest BCUT2D eigenvalue weighted by atomic mass is 9.74. The van der Waals surface area contributed by atoms with Crippen molar-refractivity contribution in [3.63, 3.8) is 0 Å². The molecule has 2 saturated heterocycles. The summed E-state index contributed by atoms with van der Waals surface area (Å²) in [6.07, 6.45) is 10.0. The summed E-state index contributed by atoms with van der Waals surface area (Å²) in [6, 6.07) is 4.13. The molecule has 0 unspecified atom stereocenters. The van der Waals surface area contributed by atoms with Gasteiger partial charge in [-0.2, -0.15) is 0 Å². The molecule has 0 aromatic heterocycles. The topological polar surface area (TPSA) is 87.7 Å². The van der Waals surface area contributed by atoms with Crippen molar-refractivity contribution in [2.75, 3.05) is 11.9 Å². The van der Waals surface area contributed by atoms with E-state index in [1.165, 1.54) is 6.42 Å². The van der Waals surface area contributed by atoms with E-state index < -0.39 is 29.6 Å². The van der Waals surface area contributed by atoms with Crippen molar-refractivity contribution in [3.8, 4) is 0 Å². The number of hydrogen-bond acceptors (Lipinski definition) is 4. The van der Waals surface area contributed by atoms with Gasteiger partial charge in [-0.3, -0.25) is 14.4 Å². The van der Waals surface area contributed by atoms with Gasteiger partial charge in [-0.15, -0.1) is 0 Å². The van der Waals surface area contributed by atoms with Crippen molar-refractivity contribution in [1.29, 1.82) is 0 Å². The van der Waals surface area contributed by atoms with E-state index in [1.807, 2.05) is 19.1 Å². The number of halogens is 2. The minimum absolute atomic E-state index is 0.115. The molecular formula is C26H31Cl2N3O4. The van der Waals surface area contributed by atoms with E-state index in [4.69, 9.17) is 27.9 Å². The Kier molecular flexibility index (Phi) is 6.85. The highest BCUT2D eigenvalue weighted by molar-refractivity contribution is 6.35. The zero-order chi connectivity index (χ0) is 24.7. The van der Waals surface area contributed by atoms with E-state index in [9.17, 15) is 14.4 Å². The minimum Gasteiger partial charge on any atom is -0.359 e. The van der Waals surface area contributed by atoms with Crippen LogP contribution in [0.3, 0.4) is 0 Å². The summed E-state index contributed by atoms with van der Waals surface area (Å²) in [5.74, 6) is -2.23. The maximum Gasteiger partial charge on any atom is 0.246 e. The molecule has 2 bridgehead atoms. The second kappa shape index (κ2) is 9.75. The Morgan fingerprint density at radius 1 is 1.11 bits per heavy atom. The van der Waals surface area contributed by atoms with Gasteiger partial charge in [-0.25, -0.2) is 0 Å². The first kappa shape index (κ1) is 24.6. The number of carbonyl (C=O) groups is 3. The fraction of sp³-hybridized carbons (Fsp3) is 0.577. The molecule has 1 aromatic rings. The van der Waals surface area contributed by atoms with E-state index in [0.717, 1.165) is 38.5 Å². The molecule has 3 aliphatic heterocycles.